The van der Waals surface area contributed by atoms with E-state index >= 15 is 0 Å². The minimum Gasteiger partial charge on any atom is -0.481 e. The van der Waals surface area contributed by atoms with E-state index in [1.165, 1.54) is 10.3 Å². The molecule has 2 aliphatic heterocycles. The number of halogens is 2. The number of aliphatic carboxylic acids is 1. The molecule has 0 bridgehead atoms. The van der Waals surface area contributed by atoms with Crippen LogP contribution in [0.1, 0.15) is 32.7 Å². The van der Waals surface area contributed by atoms with Gasteiger partial charge in [-0.25, -0.2) is 9.78 Å². The number of thioether (sulfide) groups is 2. The van der Waals surface area contributed by atoms with E-state index in [9.17, 15) is 43.0 Å². The summed E-state index contributed by atoms with van der Waals surface area (Å²) in [5.41, 5.74) is -1.96. The van der Waals surface area contributed by atoms with Crippen LogP contribution in [0, 0.1) is 5.41 Å². The van der Waals surface area contributed by atoms with Gasteiger partial charge in [-0.05, 0) is 16.7 Å². The van der Waals surface area contributed by atoms with Gasteiger partial charge in [0.05, 0.1) is 4.21 Å². The molecule has 3 atom stereocenters. The Morgan fingerprint density at radius 1 is 1.00 bits per heavy atom. The minimum absolute atomic E-state index is 0.0274. The highest BCUT2D eigenvalue weighted by Crippen LogP contribution is 2.45. The highest BCUT2D eigenvalue weighted by Gasteiger charge is 2.57. The molecule has 57 heavy (non-hydrogen) atoms. The summed E-state index contributed by atoms with van der Waals surface area (Å²) >= 11 is 3.83. The van der Waals surface area contributed by atoms with E-state index in [1.54, 1.807) is 0 Å². The molecule has 3 aromatic carbocycles. The second-order valence-corrected chi connectivity index (χ2v) is 16.8. The molecule has 5 N–H and O–H groups in total. The lowest BCUT2D eigenvalue weighted by Gasteiger charge is -2.53. The zero-order valence-corrected chi connectivity index (χ0v) is 32.4. The molecule has 0 saturated carbocycles. The normalized spacial score (nSPS) is 19.4. The molecule has 14 nitrogen and oxygen atoms in total. The van der Waals surface area contributed by atoms with Crippen LogP contribution in [-0.4, -0.2) is 90.0 Å². The molecule has 0 radical (unpaired) electrons. The number of aromatic carboxylic acids is 1. The molecule has 2 aliphatic rings. The molecule has 5 aromatic rings. The van der Waals surface area contributed by atoms with E-state index in [1.807, 2.05) is 91.0 Å². The number of H-pyrrole nitrogens is 1. The third kappa shape index (κ3) is 7.76. The monoisotopic (exact) mass is 852 g/mol. The third-order valence-electron chi connectivity index (χ3n) is 9.35. The number of thiazole rings is 1. The zero-order valence-electron chi connectivity index (χ0n) is 29.2. The number of hydrogen-bond donors (Lipinski definition) is 5. The third-order valence-corrected chi connectivity index (χ3v) is 14.1. The topological polar surface area (TPSA) is 203 Å². The molecule has 2 saturated heterocycles. The molecule has 0 spiro atoms. The summed E-state index contributed by atoms with van der Waals surface area (Å²) in [5.74, 6) is -4.52. The largest absolute Gasteiger partial charge is 0.481 e. The number of hydrogen-bond acceptors (Lipinski definition) is 13. The Morgan fingerprint density at radius 2 is 1.60 bits per heavy atom. The Kier molecular flexibility index (Phi) is 11.5. The van der Waals surface area contributed by atoms with E-state index < -0.39 is 69.6 Å². The number of aromatic nitrogens is 2. The van der Waals surface area contributed by atoms with Gasteiger partial charge in [-0.2, -0.15) is 8.78 Å². The number of alkyl halides is 2. The van der Waals surface area contributed by atoms with E-state index in [2.05, 4.69) is 30.0 Å². The summed E-state index contributed by atoms with van der Waals surface area (Å²) in [6, 6.07) is 27.7. The zero-order chi connectivity index (χ0) is 40.3. The van der Waals surface area contributed by atoms with Crippen molar-refractivity contribution < 1.29 is 43.0 Å². The lowest BCUT2D eigenvalue weighted by Crippen LogP contribution is -2.74. The number of rotatable bonds is 15. The summed E-state index contributed by atoms with van der Waals surface area (Å²) in [4.78, 5) is 73.3. The number of fused-ring (bicyclic) bond motifs is 1. The summed E-state index contributed by atoms with van der Waals surface area (Å²) < 4.78 is 29.1. The lowest BCUT2D eigenvalue weighted by molar-refractivity contribution is -0.157. The summed E-state index contributed by atoms with van der Waals surface area (Å²) in [6.07, 6.45) is 0. The van der Waals surface area contributed by atoms with Crippen molar-refractivity contribution in [3.8, 4) is 0 Å². The number of amides is 2. The molecule has 2 fully saturated rings. The molecule has 0 aliphatic carbocycles. The predicted molar refractivity (Wildman–Crippen MR) is 211 cm³/mol. The van der Waals surface area contributed by atoms with Crippen LogP contribution in [0.5, 0.6) is 0 Å². The standard InChI is InChI=1S/C37H30F2N6O8S4/c38-34(39)53-43-25(23-16-54-35(40-23)42-37(20-10-4-1-5-11-20,21-12-6-2-7-13-21)22-14-8-3-9-15-22)28(47)41-26-29(48)45-17-36(33(51)52,18-55-30(26)45)19-56-32-24(31(49)50)27(46)44-57-32/h1-16,26,30,34H,17-19H2,(H,40,42)(H,41,47)(H,44,46)(H,49,50)(H,51,52)/t26?,30-,36?/m1/s1. The van der Waals surface area contributed by atoms with Gasteiger partial charge >= 0.3 is 18.6 Å². The second kappa shape index (κ2) is 16.5. The smallest absolute Gasteiger partial charge is 0.407 e. The first-order valence-corrected chi connectivity index (χ1v) is 20.6. The Bertz CT molecular complexity index is 2280. The number of benzene rings is 3. The number of aromatic amines is 1. The van der Waals surface area contributed by atoms with E-state index in [0.717, 1.165) is 63.1 Å². The van der Waals surface area contributed by atoms with Gasteiger partial charge in [0.2, 0.25) is 5.91 Å². The van der Waals surface area contributed by atoms with Crippen LogP contribution in [0.15, 0.2) is 111 Å². The molecule has 2 amide bonds. The average molecular weight is 853 g/mol. The summed E-state index contributed by atoms with van der Waals surface area (Å²) in [6.45, 7) is -3.64. The SMILES string of the molecule is O=C(NC1C(=O)N2CC(CSc3s[nH]c(=O)c3C(=O)O)(C(=O)O)CS[C@H]12)C(=NOC(F)F)c1csc(NC(c2ccccc2)(c2ccccc2)c2ccccc2)n1. The van der Waals surface area contributed by atoms with Crippen molar-refractivity contribution >= 4 is 81.0 Å². The minimum atomic E-state index is -3.37. The predicted octanol–water partition coefficient (Wildman–Crippen LogP) is 5.20. The first-order chi connectivity index (χ1) is 27.4. The number of oxime groups is 1. The Morgan fingerprint density at radius 3 is 2.14 bits per heavy atom. The van der Waals surface area contributed by atoms with Gasteiger partial charge in [0.15, 0.2) is 16.4 Å². The number of carbonyl (C=O) groups is 4. The van der Waals surface area contributed by atoms with Gasteiger partial charge in [-0.1, -0.05) is 108 Å². The molecule has 4 heterocycles. The van der Waals surface area contributed by atoms with Crippen LogP contribution in [-0.2, 0) is 24.8 Å². The fraction of sp³-hybridized carbons (Fsp3) is 0.216. The number of carboxylic acid groups (broad SMARTS) is 2. The van der Waals surface area contributed by atoms with Crippen LogP contribution >= 0.6 is 46.4 Å². The average Bonchev–Trinajstić information content (AvgIpc) is 3.84. The molecule has 7 rings (SSSR count). The maximum absolute atomic E-state index is 13.7. The van der Waals surface area contributed by atoms with Crippen LogP contribution in [0.25, 0.3) is 0 Å². The molecule has 2 aromatic heterocycles. The first kappa shape index (κ1) is 39.7. The van der Waals surface area contributed by atoms with Crippen molar-refractivity contribution in [1.82, 2.24) is 19.6 Å². The molecular weight excluding hydrogens is 823 g/mol. The van der Waals surface area contributed by atoms with Gasteiger partial charge < -0.3 is 30.6 Å². The van der Waals surface area contributed by atoms with Gasteiger partial charge in [0.25, 0.3) is 11.5 Å². The molecular formula is C37H30F2N6O8S4. The molecule has 294 valence electrons. The Balaban J connectivity index is 1.12. The van der Waals surface area contributed by atoms with Crippen molar-refractivity contribution in [2.45, 2.75) is 27.8 Å². The van der Waals surface area contributed by atoms with Crippen molar-refractivity contribution in [3.05, 3.63) is 135 Å². The van der Waals surface area contributed by atoms with Gasteiger partial charge in [-0.15, -0.1) is 34.9 Å². The maximum Gasteiger partial charge on any atom is 0.407 e. The number of β-lactam (4-membered cyclic amide) rings is 1. The summed E-state index contributed by atoms with van der Waals surface area (Å²) in [7, 11) is 0. The van der Waals surface area contributed by atoms with Gasteiger partial charge in [-0.3, -0.25) is 23.6 Å². The van der Waals surface area contributed by atoms with Crippen LogP contribution in [0.3, 0.4) is 0 Å². The quantitative estimate of drug-likeness (QED) is 0.0303. The van der Waals surface area contributed by atoms with E-state index in [0.29, 0.717) is 5.13 Å². The Hall–Kier alpha value is -5.57. The fourth-order valence-corrected chi connectivity index (χ4v) is 11.1. The van der Waals surface area contributed by atoms with Crippen molar-refractivity contribution in [3.63, 3.8) is 0 Å². The van der Waals surface area contributed by atoms with Crippen LogP contribution in [0.2, 0.25) is 0 Å². The number of anilines is 1. The van der Waals surface area contributed by atoms with Gasteiger partial charge in [0.1, 0.15) is 28.1 Å². The van der Waals surface area contributed by atoms with Crippen molar-refractivity contribution in [2.75, 3.05) is 23.4 Å². The second-order valence-electron chi connectivity index (χ2n) is 12.8. The molecule has 20 heteroatoms. The summed E-state index contributed by atoms with van der Waals surface area (Å²) in [5, 5.41) is 30.2. The highest BCUT2D eigenvalue weighted by molar-refractivity contribution is 8.01. The Labute approximate surface area is 338 Å². The number of carbonyl (C=O) groups excluding carboxylic acids is 2. The van der Waals surface area contributed by atoms with Crippen molar-refractivity contribution in [2.24, 2.45) is 10.6 Å². The van der Waals surface area contributed by atoms with Crippen LogP contribution < -0.4 is 16.2 Å². The van der Waals surface area contributed by atoms with E-state index in [4.69, 9.17) is 0 Å². The lowest BCUT2D eigenvalue weighted by atomic mass is 9.77. The first-order valence-electron chi connectivity index (χ1n) is 16.9. The van der Waals surface area contributed by atoms with E-state index in [-0.39, 0.29) is 28.0 Å². The number of nitrogens with zero attached hydrogens (tertiary/aromatic N) is 3. The maximum atomic E-state index is 13.7. The number of nitrogens with one attached hydrogen (secondary N) is 3. The fourth-order valence-electron chi connectivity index (χ4n) is 6.57. The highest BCUT2D eigenvalue weighted by atomic mass is 32.2. The van der Waals surface area contributed by atoms with Crippen molar-refractivity contribution in [1.29, 1.82) is 0 Å². The van der Waals surface area contributed by atoms with Gasteiger partial charge in [0, 0.05) is 23.4 Å². The number of carboxylic acids is 2. The van der Waals surface area contributed by atoms with Crippen LogP contribution in [0.4, 0.5) is 13.9 Å². The molecule has 2 unspecified atom stereocenters.